The van der Waals surface area contributed by atoms with Crippen LogP contribution < -0.4 is 10.6 Å². The SMILES string of the molecule is C[C@H](O)[C@H]1NC(=O)[C@@H]2C[C@H](NC(=O)c3cccc(Cl)c3)CN2C1=O. The third-order valence-electron chi connectivity index (χ3n) is 4.36. The van der Waals surface area contributed by atoms with E-state index in [0.29, 0.717) is 17.0 Å². The summed E-state index contributed by atoms with van der Waals surface area (Å²) in [5.74, 6) is -0.934. The molecule has 4 atom stereocenters. The van der Waals surface area contributed by atoms with E-state index in [1.54, 1.807) is 24.3 Å². The van der Waals surface area contributed by atoms with Gasteiger partial charge in [-0.2, -0.15) is 0 Å². The number of aliphatic hydroxyl groups excluding tert-OH is 1. The number of carbonyl (C=O) groups is 3. The van der Waals surface area contributed by atoms with E-state index in [4.69, 9.17) is 11.6 Å². The maximum absolute atomic E-state index is 12.4. The first-order chi connectivity index (χ1) is 11.4. The van der Waals surface area contributed by atoms with Crippen molar-refractivity contribution in [3.8, 4) is 0 Å². The highest BCUT2D eigenvalue weighted by Gasteiger charge is 2.47. The summed E-state index contributed by atoms with van der Waals surface area (Å²) in [4.78, 5) is 38.2. The number of hydrogen-bond donors (Lipinski definition) is 3. The second kappa shape index (κ2) is 6.41. The highest BCUT2D eigenvalue weighted by atomic mass is 35.5. The number of hydrogen-bond acceptors (Lipinski definition) is 4. The zero-order valence-electron chi connectivity index (χ0n) is 13.0. The molecular weight excluding hydrogens is 334 g/mol. The summed E-state index contributed by atoms with van der Waals surface area (Å²) in [5.41, 5.74) is 0.421. The largest absolute Gasteiger partial charge is 0.391 e. The lowest BCUT2D eigenvalue weighted by Crippen LogP contribution is -2.64. The van der Waals surface area contributed by atoms with Crippen LogP contribution in [0.1, 0.15) is 23.7 Å². The molecule has 3 N–H and O–H groups in total. The van der Waals surface area contributed by atoms with Crippen LogP contribution in [-0.2, 0) is 9.59 Å². The van der Waals surface area contributed by atoms with Crippen molar-refractivity contribution in [3.63, 3.8) is 0 Å². The molecule has 2 heterocycles. The van der Waals surface area contributed by atoms with Crippen molar-refractivity contribution in [1.82, 2.24) is 15.5 Å². The number of halogens is 1. The first-order valence-electron chi connectivity index (χ1n) is 7.72. The highest BCUT2D eigenvalue weighted by Crippen LogP contribution is 2.24. The minimum atomic E-state index is -0.970. The molecule has 0 unspecified atom stereocenters. The zero-order valence-corrected chi connectivity index (χ0v) is 13.8. The molecule has 0 bridgehead atoms. The molecule has 2 aliphatic heterocycles. The van der Waals surface area contributed by atoms with Crippen molar-refractivity contribution in [2.45, 2.75) is 37.6 Å². The lowest BCUT2D eigenvalue weighted by Gasteiger charge is -2.35. The van der Waals surface area contributed by atoms with E-state index in [2.05, 4.69) is 10.6 Å². The van der Waals surface area contributed by atoms with Gasteiger partial charge in [-0.15, -0.1) is 0 Å². The van der Waals surface area contributed by atoms with Crippen LogP contribution in [-0.4, -0.2) is 58.5 Å². The molecule has 24 heavy (non-hydrogen) atoms. The lowest BCUT2D eigenvalue weighted by molar-refractivity contribution is -0.149. The second-order valence-electron chi connectivity index (χ2n) is 6.15. The van der Waals surface area contributed by atoms with Gasteiger partial charge in [0.1, 0.15) is 12.1 Å². The van der Waals surface area contributed by atoms with Crippen molar-refractivity contribution >= 4 is 29.3 Å². The minimum absolute atomic E-state index is 0.243. The summed E-state index contributed by atoms with van der Waals surface area (Å²) in [6.45, 7) is 1.70. The molecule has 3 amide bonds. The molecular formula is C16H18ClN3O4. The Kier molecular flexibility index (Phi) is 4.47. The molecule has 128 valence electrons. The lowest BCUT2D eigenvalue weighted by atomic mass is 10.0. The quantitative estimate of drug-likeness (QED) is 0.709. The van der Waals surface area contributed by atoms with E-state index in [1.165, 1.54) is 11.8 Å². The van der Waals surface area contributed by atoms with Gasteiger partial charge < -0.3 is 20.6 Å². The summed E-state index contributed by atoms with van der Waals surface area (Å²) >= 11 is 5.88. The Morgan fingerprint density at radius 1 is 1.46 bits per heavy atom. The fourth-order valence-corrected chi connectivity index (χ4v) is 3.34. The van der Waals surface area contributed by atoms with Crippen LogP contribution in [0.4, 0.5) is 0 Å². The molecule has 2 saturated heterocycles. The summed E-state index contributed by atoms with van der Waals surface area (Å²) in [5, 5.41) is 15.5. The van der Waals surface area contributed by atoms with Crippen LogP contribution in [0.5, 0.6) is 0 Å². The first kappa shape index (κ1) is 16.7. The van der Waals surface area contributed by atoms with Crippen LogP contribution >= 0.6 is 11.6 Å². The number of nitrogens with one attached hydrogen (secondary N) is 2. The molecule has 2 aliphatic rings. The molecule has 0 aromatic heterocycles. The van der Waals surface area contributed by atoms with Gasteiger partial charge in [0.15, 0.2) is 0 Å². The van der Waals surface area contributed by atoms with Gasteiger partial charge in [0.05, 0.1) is 6.10 Å². The van der Waals surface area contributed by atoms with Gasteiger partial charge in [-0.1, -0.05) is 17.7 Å². The molecule has 1 aromatic rings. The smallest absolute Gasteiger partial charge is 0.251 e. The number of piperazine rings is 1. The normalized spacial score (nSPS) is 27.5. The fraction of sp³-hybridized carbons (Fsp3) is 0.438. The highest BCUT2D eigenvalue weighted by molar-refractivity contribution is 6.30. The Hall–Kier alpha value is -2.12. The monoisotopic (exact) mass is 351 g/mol. The van der Waals surface area contributed by atoms with Crippen molar-refractivity contribution in [1.29, 1.82) is 0 Å². The van der Waals surface area contributed by atoms with Gasteiger partial charge in [-0.05, 0) is 31.5 Å². The third-order valence-corrected chi connectivity index (χ3v) is 4.59. The molecule has 0 radical (unpaired) electrons. The zero-order chi connectivity index (χ0) is 17.4. The third kappa shape index (κ3) is 3.09. The van der Waals surface area contributed by atoms with Crippen LogP contribution in [0, 0.1) is 0 Å². The maximum atomic E-state index is 12.4. The topological polar surface area (TPSA) is 98.7 Å². The van der Waals surface area contributed by atoms with E-state index < -0.39 is 18.2 Å². The van der Waals surface area contributed by atoms with Gasteiger partial charge in [0, 0.05) is 23.2 Å². The van der Waals surface area contributed by atoms with Crippen molar-refractivity contribution in [2.24, 2.45) is 0 Å². The number of benzene rings is 1. The van der Waals surface area contributed by atoms with Crippen molar-refractivity contribution in [2.75, 3.05) is 6.54 Å². The number of fused-ring (bicyclic) bond motifs is 1. The Balaban J connectivity index is 1.69. The molecule has 3 rings (SSSR count). The van der Waals surface area contributed by atoms with Gasteiger partial charge in [-0.25, -0.2) is 0 Å². The predicted molar refractivity (Wildman–Crippen MR) is 86.4 cm³/mol. The fourth-order valence-electron chi connectivity index (χ4n) is 3.15. The van der Waals surface area contributed by atoms with E-state index in [0.717, 1.165) is 0 Å². The Morgan fingerprint density at radius 3 is 2.88 bits per heavy atom. The maximum Gasteiger partial charge on any atom is 0.251 e. The Labute approximate surface area is 144 Å². The van der Waals surface area contributed by atoms with Gasteiger partial charge in [0.2, 0.25) is 11.8 Å². The number of amides is 3. The van der Waals surface area contributed by atoms with Gasteiger partial charge in [-0.3, -0.25) is 14.4 Å². The average Bonchev–Trinajstić information content (AvgIpc) is 2.95. The number of rotatable bonds is 3. The first-order valence-corrected chi connectivity index (χ1v) is 8.10. The molecule has 8 heteroatoms. The molecule has 0 aliphatic carbocycles. The molecule has 1 aromatic carbocycles. The van der Waals surface area contributed by atoms with E-state index in [-0.39, 0.29) is 30.3 Å². The van der Waals surface area contributed by atoms with Gasteiger partial charge >= 0.3 is 0 Å². The summed E-state index contributed by atoms with van der Waals surface area (Å²) < 4.78 is 0. The average molecular weight is 352 g/mol. The van der Waals surface area contributed by atoms with Crippen molar-refractivity contribution < 1.29 is 19.5 Å². The molecule has 2 fully saturated rings. The molecule has 0 spiro atoms. The number of nitrogens with zero attached hydrogens (tertiary/aromatic N) is 1. The van der Waals surface area contributed by atoms with Crippen molar-refractivity contribution in [3.05, 3.63) is 34.9 Å². The molecule has 7 nitrogen and oxygen atoms in total. The summed E-state index contributed by atoms with van der Waals surface area (Å²) in [6, 6.07) is 4.68. The van der Waals surface area contributed by atoms with E-state index >= 15 is 0 Å². The predicted octanol–water partition coefficient (Wildman–Crippen LogP) is -0.0815. The van der Waals surface area contributed by atoms with Crippen LogP contribution in [0.3, 0.4) is 0 Å². The number of carbonyl (C=O) groups excluding carboxylic acids is 3. The standard InChI is InChI=1S/C16H18ClN3O4/c1-8(21)13-16(24)20-7-11(6-12(20)15(23)19-13)18-14(22)9-3-2-4-10(17)5-9/h2-5,8,11-13,21H,6-7H2,1H3,(H,18,22)(H,19,23)/t8-,11-,12-,13+/m0/s1. The van der Waals surface area contributed by atoms with Crippen LogP contribution in [0.2, 0.25) is 5.02 Å². The summed E-state index contributed by atoms with van der Waals surface area (Å²) in [6.07, 6.45) is -0.626. The van der Waals surface area contributed by atoms with Gasteiger partial charge in [0.25, 0.3) is 5.91 Å². The Bertz CT molecular complexity index is 694. The Morgan fingerprint density at radius 2 is 2.21 bits per heavy atom. The van der Waals surface area contributed by atoms with Crippen LogP contribution in [0.25, 0.3) is 0 Å². The number of aliphatic hydroxyl groups is 1. The van der Waals surface area contributed by atoms with E-state index in [9.17, 15) is 19.5 Å². The summed E-state index contributed by atoms with van der Waals surface area (Å²) in [7, 11) is 0. The van der Waals surface area contributed by atoms with Crippen LogP contribution in [0.15, 0.2) is 24.3 Å². The van der Waals surface area contributed by atoms with E-state index in [1.807, 2.05) is 0 Å². The second-order valence-corrected chi connectivity index (χ2v) is 6.59. The molecule has 0 saturated carbocycles. The minimum Gasteiger partial charge on any atom is -0.391 e.